The highest BCUT2D eigenvalue weighted by Crippen LogP contribution is 2.19. The highest BCUT2D eigenvalue weighted by atomic mass is 35.5. The van der Waals surface area contributed by atoms with E-state index in [1.807, 2.05) is 24.3 Å². The fourth-order valence-corrected chi connectivity index (χ4v) is 1.91. The van der Waals surface area contributed by atoms with E-state index in [-0.39, 0.29) is 43.8 Å². The average molecular weight is 346 g/mol. The number of pyridine rings is 1. The number of hydrogen-bond acceptors (Lipinski definition) is 4. The number of hydrogen-bond donors (Lipinski definition) is 3. The van der Waals surface area contributed by atoms with Crippen molar-refractivity contribution in [2.45, 2.75) is 5.92 Å². The number of nitrogens with two attached hydrogens (primary N) is 1. The quantitative estimate of drug-likeness (QED) is 0.757. The zero-order chi connectivity index (χ0) is 14.5. The first-order valence-electron chi connectivity index (χ1n) is 6.16. The zero-order valence-corrected chi connectivity index (χ0v) is 13.2. The lowest BCUT2D eigenvalue weighted by Crippen LogP contribution is -2.35. The summed E-state index contributed by atoms with van der Waals surface area (Å²) >= 11 is 0. The molecule has 0 fully saturated rings. The molecule has 0 bridgehead atoms. The molecule has 0 aliphatic heterocycles. The molecule has 1 aromatic carbocycles. The number of carbonyl (C=O) groups is 2. The number of aliphatic carboxylic acids is 1. The van der Waals surface area contributed by atoms with Gasteiger partial charge >= 0.3 is 5.97 Å². The Bertz CT molecular complexity index is 652. The standard InChI is InChI=1S/C14H15N3O3.2ClH/c15-6-13(18)17-8-11(14(19)20)10-5-9-3-1-2-4-12(9)16-7-10;;/h1-5,7,11H,6,8,15H2,(H,17,18)(H,19,20);2*1H/t11-;;/m1../s1. The molecule has 2 rings (SSSR count). The number of nitrogens with one attached hydrogen (secondary N) is 1. The molecule has 1 atom stereocenters. The van der Waals surface area contributed by atoms with Crippen molar-refractivity contribution in [3.05, 3.63) is 42.1 Å². The van der Waals surface area contributed by atoms with Gasteiger partial charge in [-0.1, -0.05) is 18.2 Å². The van der Waals surface area contributed by atoms with Gasteiger partial charge in [0.2, 0.25) is 5.91 Å². The highest BCUT2D eigenvalue weighted by molar-refractivity contribution is 5.86. The van der Waals surface area contributed by atoms with Crippen LogP contribution in [0.3, 0.4) is 0 Å². The van der Waals surface area contributed by atoms with Gasteiger partial charge in [-0.05, 0) is 17.7 Å². The smallest absolute Gasteiger partial charge is 0.312 e. The van der Waals surface area contributed by atoms with Crippen LogP contribution in [-0.2, 0) is 9.59 Å². The first kappa shape index (κ1) is 20.1. The van der Waals surface area contributed by atoms with Gasteiger partial charge in [-0.2, -0.15) is 0 Å². The molecule has 0 spiro atoms. The molecule has 2 aromatic rings. The Morgan fingerprint density at radius 1 is 1.27 bits per heavy atom. The molecular formula is C14H17Cl2N3O3. The summed E-state index contributed by atoms with van der Waals surface area (Å²) in [5.41, 5.74) is 6.52. The number of nitrogens with zero attached hydrogens (tertiary/aromatic N) is 1. The van der Waals surface area contributed by atoms with Gasteiger partial charge in [0.25, 0.3) is 0 Å². The maximum Gasteiger partial charge on any atom is 0.312 e. The molecule has 120 valence electrons. The summed E-state index contributed by atoms with van der Waals surface area (Å²) < 4.78 is 0. The Kier molecular flexibility index (Phi) is 8.40. The van der Waals surface area contributed by atoms with E-state index in [1.165, 1.54) is 6.20 Å². The summed E-state index contributed by atoms with van der Waals surface area (Å²) in [5, 5.41) is 12.6. The van der Waals surface area contributed by atoms with Crippen molar-refractivity contribution < 1.29 is 14.7 Å². The van der Waals surface area contributed by atoms with Gasteiger partial charge in [-0.3, -0.25) is 14.6 Å². The number of fused-ring (bicyclic) bond motifs is 1. The number of aromatic nitrogens is 1. The van der Waals surface area contributed by atoms with E-state index in [0.717, 1.165) is 10.9 Å². The minimum atomic E-state index is -1.01. The van der Waals surface area contributed by atoms with Gasteiger partial charge in [-0.25, -0.2) is 0 Å². The van der Waals surface area contributed by atoms with E-state index < -0.39 is 11.9 Å². The molecule has 0 saturated carbocycles. The van der Waals surface area contributed by atoms with Gasteiger partial charge < -0.3 is 16.2 Å². The van der Waals surface area contributed by atoms with Gasteiger partial charge in [0.15, 0.2) is 0 Å². The SMILES string of the molecule is Cl.Cl.NCC(=O)NC[C@@H](C(=O)O)c1cnc2ccccc2c1. The van der Waals surface area contributed by atoms with Crippen molar-refractivity contribution in [2.75, 3.05) is 13.1 Å². The normalized spacial score (nSPS) is 11.0. The molecule has 8 heteroatoms. The van der Waals surface area contributed by atoms with Gasteiger partial charge in [0.1, 0.15) is 5.92 Å². The molecule has 0 radical (unpaired) electrons. The van der Waals surface area contributed by atoms with Gasteiger partial charge in [-0.15, -0.1) is 24.8 Å². The number of carboxylic acid groups (broad SMARTS) is 1. The van der Waals surface area contributed by atoms with Crippen LogP contribution in [0, 0.1) is 0 Å². The number of rotatable bonds is 5. The third kappa shape index (κ3) is 4.84. The van der Waals surface area contributed by atoms with Crippen LogP contribution in [0.25, 0.3) is 10.9 Å². The van der Waals surface area contributed by atoms with Crippen molar-refractivity contribution in [1.29, 1.82) is 0 Å². The maximum absolute atomic E-state index is 11.3. The lowest BCUT2D eigenvalue weighted by molar-refractivity contribution is -0.138. The van der Waals surface area contributed by atoms with Crippen molar-refractivity contribution in [3.8, 4) is 0 Å². The Morgan fingerprint density at radius 3 is 2.59 bits per heavy atom. The Hall–Kier alpha value is -1.89. The first-order chi connectivity index (χ1) is 9.61. The highest BCUT2D eigenvalue weighted by Gasteiger charge is 2.21. The van der Waals surface area contributed by atoms with E-state index in [9.17, 15) is 14.7 Å². The van der Waals surface area contributed by atoms with E-state index in [1.54, 1.807) is 6.07 Å². The Balaban J connectivity index is 0.00000220. The Labute approximate surface area is 139 Å². The maximum atomic E-state index is 11.3. The molecule has 0 aliphatic carbocycles. The second-order valence-electron chi connectivity index (χ2n) is 4.36. The van der Waals surface area contributed by atoms with Crippen molar-refractivity contribution in [3.63, 3.8) is 0 Å². The molecule has 4 N–H and O–H groups in total. The topological polar surface area (TPSA) is 105 Å². The second kappa shape index (κ2) is 9.19. The largest absolute Gasteiger partial charge is 0.481 e. The number of benzene rings is 1. The third-order valence-corrected chi connectivity index (χ3v) is 3.00. The summed E-state index contributed by atoms with van der Waals surface area (Å²) in [7, 11) is 0. The van der Waals surface area contributed by atoms with Crippen molar-refractivity contribution >= 4 is 47.6 Å². The summed E-state index contributed by atoms with van der Waals surface area (Å²) in [6, 6.07) is 9.22. The van der Waals surface area contributed by atoms with E-state index >= 15 is 0 Å². The van der Waals surface area contributed by atoms with Crippen LogP contribution in [0.5, 0.6) is 0 Å². The minimum absolute atomic E-state index is 0. The Morgan fingerprint density at radius 2 is 1.95 bits per heavy atom. The van der Waals surface area contributed by atoms with Gasteiger partial charge in [0.05, 0.1) is 12.1 Å². The molecular weight excluding hydrogens is 329 g/mol. The first-order valence-corrected chi connectivity index (χ1v) is 6.16. The lowest BCUT2D eigenvalue weighted by Gasteiger charge is -2.13. The fourth-order valence-electron chi connectivity index (χ4n) is 1.91. The minimum Gasteiger partial charge on any atom is -0.481 e. The number of para-hydroxylation sites is 1. The molecule has 6 nitrogen and oxygen atoms in total. The zero-order valence-electron chi connectivity index (χ0n) is 11.6. The fraction of sp³-hybridized carbons (Fsp3) is 0.214. The van der Waals surface area contributed by atoms with E-state index in [0.29, 0.717) is 5.56 Å². The average Bonchev–Trinajstić information content (AvgIpc) is 2.46. The van der Waals surface area contributed by atoms with E-state index in [2.05, 4.69) is 10.3 Å². The summed E-state index contributed by atoms with van der Waals surface area (Å²) in [5.74, 6) is -2.24. The number of carboxylic acids is 1. The van der Waals surface area contributed by atoms with Crippen LogP contribution in [-0.4, -0.2) is 35.1 Å². The second-order valence-corrected chi connectivity index (χ2v) is 4.36. The van der Waals surface area contributed by atoms with Crippen LogP contribution in [0.2, 0.25) is 0 Å². The predicted molar refractivity (Wildman–Crippen MR) is 88.7 cm³/mol. The molecule has 1 amide bonds. The molecule has 1 aromatic heterocycles. The number of carbonyl (C=O) groups excluding carboxylic acids is 1. The summed E-state index contributed by atoms with van der Waals surface area (Å²) in [6.07, 6.45) is 1.52. The van der Waals surface area contributed by atoms with Crippen LogP contribution in [0.4, 0.5) is 0 Å². The van der Waals surface area contributed by atoms with E-state index in [4.69, 9.17) is 5.73 Å². The number of amides is 1. The molecule has 0 unspecified atom stereocenters. The summed E-state index contributed by atoms with van der Waals surface area (Å²) in [4.78, 5) is 26.7. The van der Waals surface area contributed by atoms with Crippen LogP contribution in [0.15, 0.2) is 36.5 Å². The van der Waals surface area contributed by atoms with Crippen molar-refractivity contribution in [1.82, 2.24) is 10.3 Å². The van der Waals surface area contributed by atoms with Gasteiger partial charge in [0, 0.05) is 18.1 Å². The molecule has 0 saturated heterocycles. The van der Waals surface area contributed by atoms with Crippen LogP contribution >= 0.6 is 24.8 Å². The molecule has 22 heavy (non-hydrogen) atoms. The summed E-state index contributed by atoms with van der Waals surface area (Å²) in [6.45, 7) is -0.173. The third-order valence-electron chi connectivity index (χ3n) is 3.00. The number of halogens is 2. The molecule has 1 heterocycles. The predicted octanol–water partition coefficient (Wildman–Crippen LogP) is 1.32. The monoisotopic (exact) mass is 345 g/mol. The van der Waals surface area contributed by atoms with Crippen LogP contribution in [0.1, 0.15) is 11.5 Å². The molecule has 0 aliphatic rings. The lowest BCUT2D eigenvalue weighted by atomic mass is 9.99. The van der Waals surface area contributed by atoms with Crippen LogP contribution < -0.4 is 11.1 Å². The van der Waals surface area contributed by atoms with Crippen molar-refractivity contribution in [2.24, 2.45) is 5.73 Å².